The Kier molecular flexibility index (Phi) is 2.66. The number of hydrogen-bond donors (Lipinski definition) is 2. The number of benzene rings is 1. The van der Waals surface area contributed by atoms with Crippen LogP contribution in [0.2, 0.25) is 0 Å². The van der Waals surface area contributed by atoms with Crippen molar-refractivity contribution in [3.8, 4) is 0 Å². The van der Waals surface area contributed by atoms with Gasteiger partial charge in [-0.3, -0.25) is 4.79 Å². The molecule has 2 rings (SSSR count). The number of fused-ring (bicyclic) bond motifs is 1. The number of nitrogens with one attached hydrogen (secondary N) is 2. The van der Waals surface area contributed by atoms with E-state index in [0.717, 1.165) is 0 Å². The van der Waals surface area contributed by atoms with Gasteiger partial charge in [0.15, 0.2) is 0 Å². The minimum atomic E-state index is -3.80. The number of rotatable bonds is 3. The van der Waals surface area contributed by atoms with Crippen LogP contribution in [0.25, 0.3) is 0 Å². The first kappa shape index (κ1) is 11.1. The fourth-order valence-corrected chi connectivity index (χ4v) is 2.36. The van der Waals surface area contributed by atoms with Crippen LogP contribution in [0, 0.1) is 0 Å². The highest BCUT2D eigenvalue weighted by Gasteiger charge is 2.22. The van der Waals surface area contributed by atoms with E-state index in [0.29, 0.717) is 11.3 Å². The summed E-state index contributed by atoms with van der Waals surface area (Å²) in [6.45, 7) is 0. The Morgan fingerprint density at radius 2 is 2.19 bits per heavy atom. The molecule has 16 heavy (non-hydrogen) atoms. The fraction of sp³-hybridized carbons (Fsp3) is 0.222. The molecule has 86 valence electrons. The van der Waals surface area contributed by atoms with Gasteiger partial charge in [0, 0.05) is 12.7 Å². The maximum Gasteiger partial charge on any atom is 0.312 e. The number of amides is 1. The second kappa shape index (κ2) is 3.85. The second-order valence-corrected chi connectivity index (χ2v) is 4.83. The lowest BCUT2D eigenvalue weighted by atomic mass is 10.2. The molecule has 2 N–H and O–H groups in total. The van der Waals surface area contributed by atoms with Crippen LogP contribution in [0.15, 0.2) is 23.1 Å². The predicted molar refractivity (Wildman–Crippen MR) is 56.1 cm³/mol. The second-order valence-electron chi connectivity index (χ2n) is 3.29. The zero-order valence-corrected chi connectivity index (χ0v) is 9.30. The van der Waals surface area contributed by atoms with Gasteiger partial charge in [0.2, 0.25) is 5.91 Å². The molecule has 6 nitrogen and oxygen atoms in total. The third kappa shape index (κ3) is 1.92. The van der Waals surface area contributed by atoms with Crippen LogP contribution in [-0.2, 0) is 25.6 Å². The van der Waals surface area contributed by atoms with E-state index in [1.807, 2.05) is 0 Å². The van der Waals surface area contributed by atoms with Crippen molar-refractivity contribution in [3.05, 3.63) is 23.8 Å². The Morgan fingerprint density at radius 3 is 2.88 bits per heavy atom. The lowest BCUT2D eigenvalue weighted by Crippen LogP contribution is -2.15. The summed E-state index contributed by atoms with van der Waals surface area (Å²) in [6, 6.07) is 4.36. The molecule has 0 aliphatic carbocycles. The van der Waals surface area contributed by atoms with Gasteiger partial charge in [-0.2, -0.15) is 18.2 Å². The fourth-order valence-electron chi connectivity index (χ4n) is 1.52. The molecule has 0 atom stereocenters. The molecule has 1 aliphatic heterocycles. The van der Waals surface area contributed by atoms with Crippen LogP contribution in [0.1, 0.15) is 5.56 Å². The lowest BCUT2D eigenvalue weighted by molar-refractivity contribution is -0.115. The van der Waals surface area contributed by atoms with Gasteiger partial charge in [0.25, 0.3) is 0 Å². The van der Waals surface area contributed by atoms with Crippen molar-refractivity contribution in [1.82, 2.24) is 5.48 Å². The first-order valence-corrected chi connectivity index (χ1v) is 5.97. The Morgan fingerprint density at radius 1 is 1.44 bits per heavy atom. The SMILES string of the molecule is CNOS(=O)(=O)c1ccc2c(c1)CC(=O)N2. The maximum atomic E-state index is 11.5. The van der Waals surface area contributed by atoms with E-state index in [1.54, 1.807) is 6.07 Å². The summed E-state index contributed by atoms with van der Waals surface area (Å²) in [7, 11) is -2.44. The molecule has 1 aromatic rings. The van der Waals surface area contributed by atoms with Crippen molar-refractivity contribution in [2.75, 3.05) is 12.4 Å². The summed E-state index contributed by atoms with van der Waals surface area (Å²) >= 11 is 0. The first-order chi connectivity index (χ1) is 7.53. The summed E-state index contributed by atoms with van der Waals surface area (Å²) < 4.78 is 27.5. The molecule has 1 aromatic carbocycles. The van der Waals surface area contributed by atoms with Crippen LogP contribution >= 0.6 is 0 Å². The summed E-state index contributed by atoms with van der Waals surface area (Å²) in [5.74, 6) is -0.140. The molecule has 0 bridgehead atoms. The number of carbonyl (C=O) groups excluding carboxylic acids is 1. The Labute approximate surface area is 92.7 Å². The van der Waals surface area contributed by atoms with E-state index < -0.39 is 10.1 Å². The molecule has 0 unspecified atom stereocenters. The Bertz CT molecular complexity index is 538. The molecule has 0 fully saturated rings. The van der Waals surface area contributed by atoms with Gasteiger partial charge in [-0.1, -0.05) is 0 Å². The van der Waals surface area contributed by atoms with Gasteiger partial charge in [-0.05, 0) is 23.8 Å². The monoisotopic (exact) mass is 242 g/mol. The first-order valence-electron chi connectivity index (χ1n) is 4.56. The highest BCUT2D eigenvalue weighted by atomic mass is 32.2. The highest BCUT2D eigenvalue weighted by Crippen LogP contribution is 2.26. The van der Waals surface area contributed by atoms with Crippen molar-refractivity contribution in [1.29, 1.82) is 0 Å². The van der Waals surface area contributed by atoms with E-state index in [-0.39, 0.29) is 17.2 Å². The maximum absolute atomic E-state index is 11.5. The third-order valence-electron chi connectivity index (χ3n) is 2.18. The number of anilines is 1. The minimum Gasteiger partial charge on any atom is -0.326 e. The average molecular weight is 242 g/mol. The van der Waals surface area contributed by atoms with E-state index in [4.69, 9.17) is 0 Å². The van der Waals surface area contributed by atoms with E-state index >= 15 is 0 Å². The summed E-state index contributed by atoms with van der Waals surface area (Å²) in [5.41, 5.74) is 3.42. The van der Waals surface area contributed by atoms with Gasteiger partial charge >= 0.3 is 10.1 Å². The van der Waals surface area contributed by atoms with E-state index in [9.17, 15) is 13.2 Å². The van der Waals surface area contributed by atoms with Crippen molar-refractivity contribution >= 4 is 21.7 Å². The third-order valence-corrected chi connectivity index (χ3v) is 3.40. The van der Waals surface area contributed by atoms with E-state index in [1.165, 1.54) is 19.2 Å². The van der Waals surface area contributed by atoms with Gasteiger partial charge < -0.3 is 5.32 Å². The standard InChI is InChI=1S/C9H10N2O4S/c1-10-15-16(13,14)7-2-3-8-6(4-7)5-9(12)11-8/h2-4,10H,5H2,1H3,(H,11,12). The van der Waals surface area contributed by atoms with Crippen LogP contribution in [0.4, 0.5) is 5.69 Å². The van der Waals surface area contributed by atoms with Gasteiger partial charge in [0.1, 0.15) is 0 Å². The molecule has 0 spiro atoms. The normalized spacial score (nSPS) is 14.7. The zero-order valence-electron chi connectivity index (χ0n) is 8.48. The van der Waals surface area contributed by atoms with Crippen LogP contribution in [0.3, 0.4) is 0 Å². The lowest BCUT2D eigenvalue weighted by Gasteiger charge is -2.04. The minimum absolute atomic E-state index is 0.0251. The molecular weight excluding hydrogens is 232 g/mol. The van der Waals surface area contributed by atoms with Crippen molar-refractivity contribution in [2.45, 2.75) is 11.3 Å². The van der Waals surface area contributed by atoms with Crippen molar-refractivity contribution in [3.63, 3.8) is 0 Å². The van der Waals surface area contributed by atoms with Crippen molar-refractivity contribution < 1.29 is 17.5 Å². The summed E-state index contributed by atoms with van der Waals surface area (Å²) in [4.78, 5) is 11.1. The molecule has 0 saturated carbocycles. The van der Waals surface area contributed by atoms with Gasteiger partial charge in [0.05, 0.1) is 11.3 Å². The molecule has 0 radical (unpaired) electrons. The van der Waals surface area contributed by atoms with Crippen LogP contribution < -0.4 is 10.8 Å². The van der Waals surface area contributed by atoms with E-state index in [2.05, 4.69) is 15.1 Å². The smallest absolute Gasteiger partial charge is 0.312 e. The quantitative estimate of drug-likeness (QED) is 0.730. The number of hydroxylamine groups is 1. The van der Waals surface area contributed by atoms with Gasteiger partial charge in [-0.25, -0.2) is 0 Å². The van der Waals surface area contributed by atoms with Crippen LogP contribution in [0.5, 0.6) is 0 Å². The largest absolute Gasteiger partial charge is 0.326 e. The summed E-state index contributed by atoms with van der Waals surface area (Å²) in [6.07, 6.45) is 0.193. The molecule has 0 saturated heterocycles. The molecule has 1 amide bonds. The van der Waals surface area contributed by atoms with Crippen molar-refractivity contribution in [2.24, 2.45) is 0 Å². The molecular formula is C9H10N2O4S. The predicted octanol–water partition coefficient (Wildman–Crippen LogP) is 0.0209. The van der Waals surface area contributed by atoms with Crippen LogP contribution in [-0.4, -0.2) is 21.4 Å². The van der Waals surface area contributed by atoms with Gasteiger partial charge in [-0.15, -0.1) is 0 Å². The Hall–Kier alpha value is -1.44. The Balaban J connectivity index is 2.40. The topological polar surface area (TPSA) is 84.5 Å². The summed E-state index contributed by atoms with van der Waals surface area (Å²) in [5, 5.41) is 2.62. The number of carbonyl (C=O) groups is 1. The number of hydrogen-bond acceptors (Lipinski definition) is 5. The average Bonchev–Trinajstić information content (AvgIpc) is 2.56. The molecule has 7 heteroatoms. The zero-order chi connectivity index (χ0) is 11.8. The molecule has 1 heterocycles. The molecule has 0 aromatic heterocycles. The molecule has 1 aliphatic rings. The highest BCUT2D eigenvalue weighted by molar-refractivity contribution is 7.86.